The molecule has 146 valence electrons. The number of rotatable bonds is 5. The van der Waals surface area contributed by atoms with Crippen molar-refractivity contribution in [2.24, 2.45) is 0 Å². The smallest absolute Gasteiger partial charge is 0.269 e. The fourth-order valence-corrected chi connectivity index (χ4v) is 2.49. The fraction of sp³-hybridized carbons (Fsp3) is 0.200. The summed E-state index contributed by atoms with van der Waals surface area (Å²) in [5, 5.41) is 16.2. The second-order valence-electron chi connectivity index (χ2n) is 7.07. The van der Waals surface area contributed by atoms with Gasteiger partial charge in [0.2, 0.25) is 0 Å². The van der Waals surface area contributed by atoms with Gasteiger partial charge < -0.3 is 10.6 Å². The first-order valence-electron chi connectivity index (χ1n) is 8.41. The summed E-state index contributed by atoms with van der Waals surface area (Å²) in [6, 6.07) is 12.4. The first-order valence-corrected chi connectivity index (χ1v) is 9.20. The van der Waals surface area contributed by atoms with Gasteiger partial charge in [-0.15, -0.1) is 0 Å². The van der Waals surface area contributed by atoms with E-state index in [-0.39, 0.29) is 16.9 Å². The van der Waals surface area contributed by atoms with Crippen molar-refractivity contribution in [2.45, 2.75) is 26.3 Å². The van der Waals surface area contributed by atoms with Crippen LogP contribution in [0.4, 0.5) is 5.69 Å². The van der Waals surface area contributed by atoms with Crippen LogP contribution in [0, 0.1) is 10.1 Å². The lowest BCUT2D eigenvalue weighted by Gasteiger charge is -2.22. The van der Waals surface area contributed by atoms with Crippen LogP contribution in [0.2, 0.25) is 0 Å². The Morgan fingerprint density at radius 3 is 2.11 bits per heavy atom. The Morgan fingerprint density at radius 1 is 1.04 bits per heavy atom. The van der Waals surface area contributed by atoms with Crippen molar-refractivity contribution in [3.05, 3.63) is 79.9 Å². The van der Waals surface area contributed by atoms with E-state index in [2.05, 4.69) is 26.6 Å². The van der Waals surface area contributed by atoms with E-state index in [0.29, 0.717) is 0 Å². The average Bonchev–Trinajstić information content (AvgIpc) is 2.61. The predicted molar refractivity (Wildman–Crippen MR) is 111 cm³/mol. The molecule has 0 aromatic heterocycles. The second kappa shape index (κ2) is 8.79. The second-order valence-corrected chi connectivity index (χ2v) is 7.99. The minimum absolute atomic E-state index is 0.0700. The minimum Gasteiger partial charge on any atom is -0.346 e. The van der Waals surface area contributed by atoms with Crippen LogP contribution >= 0.6 is 15.9 Å². The van der Waals surface area contributed by atoms with Gasteiger partial charge in [-0.05, 0) is 56.7 Å². The molecule has 2 rings (SSSR count). The van der Waals surface area contributed by atoms with Crippen LogP contribution in [-0.2, 0) is 4.79 Å². The molecule has 0 heterocycles. The zero-order chi connectivity index (χ0) is 20.9. The molecule has 0 aliphatic rings. The molecule has 0 saturated carbocycles. The minimum atomic E-state index is -0.544. The van der Waals surface area contributed by atoms with Crippen LogP contribution in [0.15, 0.2) is 58.7 Å². The summed E-state index contributed by atoms with van der Waals surface area (Å²) < 4.78 is 0.889. The molecule has 0 unspecified atom stereocenters. The Morgan fingerprint density at radius 2 is 1.61 bits per heavy atom. The number of non-ortho nitro benzene ring substituents is 1. The van der Waals surface area contributed by atoms with Gasteiger partial charge >= 0.3 is 0 Å². The summed E-state index contributed by atoms with van der Waals surface area (Å²) in [7, 11) is 0. The van der Waals surface area contributed by atoms with E-state index in [4.69, 9.17) is 0 Å². The molecule has 7 nitrogen and oxygen atoms in total. The summed E-state index contributed by atoms with van der Waals surface area (Å²) in [6.07, 6.45) is 1.57. The Labute approximate surface area is 171 Å². The van der Waals surface area contributed by atoms with Gasteiger partial charge in [-0.25, -0.2) is 0 Å². The number of nitrogens with zero attached hydrogens (tertiary/aromatic N) is 1. The van der Waals surface area contributed by atoms with Gasteiger partial charge in [0.1, 0.15) is 5.70 Å². The number of carbonyl (C=O) groups excluding carboxylic acids is 2. The van der Waals surface area contributed by atoms with E-state index >= 15 is 0 Å². The van der Waals surface area contributed by atoms with E-state index < -0.39 is 22.3 Å². The van der Waals surface area contributed by atoms with Gasteiger partial charge in [0, 0.05) is 27.7 Å². The van der Waals surface area contributed by atoms with Gasteiger partial charge in [-0.2, -0.15) is 0 Å². The number of halogens is 1. The molecule has 2 N–H and O–H groups in total. The van der Waals surface area contributed by atoms with Crippen molar-refractivity contribution in [2.75, 3.05) is 0 Å². The molecule has 0 spiro atoms. The molecule has 0 bridgehead atoms. The Bertz CT molecular complexity index is 914. The van der Waals surface area contributed by atoms with Crippen molar-refractivity contribution in [3.8, 4) is 0 Å². The maximum atomic E-state index is 12.6. The molecule has 2 aromatic rings. The number of nitrogens with one attached hydrogen (secondary N) is 2. The first kappa shape index (κ1) is 21.3. The molecular formula is C20H20BrN3O4. The largest absolute Gasteiger partial charge is 0.346 e. The Hall–Kier alpha value is -3.00. The topological polar surface area (TPSA) is 101 Å². The molecule has 2 amide bonds. The van der Waals surface area contributed by atoms with Crippen molar-refractivity contribution in [3.63, 3.8) is 0 Å². The van der Waals surface area contributed by atoms with Crippen molar-refractivity contribution in [1.29, 1.82) is 0 Å². The highest BCUT2D eigenvalue weighted by Gasteiger charge is 2.20. The summed E-state index contributed by atoms with van der Waals surface area (Å²) in [5.74, 6) is -0.979. The van der Waals surface area contributed by atoms with Crippen LogP contribution in [0.1, 0.15) is 36.7 Å². The number of carbonyl (C=O) groups is 2. The lowest BCUT2D eigenvalue weighted by molar-refractivity contribution is -0.384. The number of nitro benzene ring substituents is 1. The summed E-state index contributed by atoms with van der Waals surface area (Å²) in [5.41, 5.74) is 0.393. The van der Waals surface area contributed by atoms with E-state index in [9.17, 15) is 19.7 Å². The third-order valence-electron chi connectivity index (χ3n) is 3.50. The third kappa shape index (κ3) is 6.31. The van der Waals surface area contributed by atoms with Crippen LogP contribution in [0.25, 0.3) is 6.08 Å². The molecule has 0 aliphatic heterocycles. The highest BCUT2D eigenvalue weighted by atomic mass is 79.9. The summed E-state index contributed by atoms with van der Waals surface area (Å²) in [6.45, 7) is 5.50. The lowest BCUT2D eigenvalue weighted by atomic mass is 10.1. The molecular weight excluding hydrogens is 426 g/mol. The normalized spacial score (nSPS) is 11.6. The molecule has 0 fully saturated rings. The van der Waals surface area contributed by atoms with Gasteiger partial charge in [-0.3, -0.25) is 19.7 Å². The molecule has 0 aliphatic carbocycles. The highest BCUT2D eigenvalue weighted by Crippen LogP contribution is 2.15. The monoisotopic (exact) mass is 445 g/mol. The number of hydrogen-bond acceptors (Lipinski definition) is 4. The van der Waals surface area contributed by atoms with Crippen molar-refractivity contribution < 1.29 is 14.5 Å². The van der Waals surface area contributed by atoms with Crippen molar-refractivity contribution >= 4 is 39.5 Å². The first-order chi connectivity index (χ1) is 13.0. The van der Waals surface area contributed by atoms with Crippen LogP contribution < -0.4 is 10.6 Å². The van der Waals surface area contributed by atoms with Gasteiger partial charge in [0.15, 0.2) is 0 Å². The number of hydrogen-bond donors (Lipinski definition) is 2. The highest BCUT2D eigenvalue weighted by molar-refractivity contribution is 9.10. The molecule has 28 heavy (non-hydrogen) atoms. The predicted octanol–water partition coefficient (Wildman–Crippen LogP) is 4.04. The standard InChI is InChI=1S/C20H20BrN3O4/c1-20(2,3)23-19(26)17(12-13-4-8-15(21)9-5-13)22-18(25)14-6-10-16(11-7-14)24(27)28/h4-12H,1-3H3,(H,22,25)(H,23,26)/b17-12+. The van der Waals surface area contributed by atoms with Crippen molar-refractivity contribution in [1.82, 2.24) is 10.6 Å². The lowest BCUT2D eigenvalue weighted by Crippen LogP contribution is -2.44. The maximum Gasteiger partial charge on any atom is 0.269 e. The van der Waals surface area contributed by atoms with Crippen LogP contribution in [-0.4, -0.2) is 22.3 Å². The Balaban J connectivity index is 2.30. The van der Waals surface area contributed by atoms with Gasteiger partial charge in [0.05, 0.1) is 4.92 Å². The SMILES string of the molecule is CC(C)(C)NC(=O)/C(=C\c1ccc(Br)cc1)NC(=O)c1ccc([N+](=O)[O-])cc1. The Kier molecular flexibility index (Phi) is 6.69. The van der Waals surface area contributed by atoms with Gasteiger partial charge in [0.25, 0.3) is 17.5 Å². The third-order valence-corrected chi connectivity index (χ3v) is 4.03. The number of benzene rings is 2. The summed E-state index contributed by atoms with van der Waals surface area (Å²) in [4.78, 5) is 35.4. The number of nitro groups is 1. The molecule has 2 aromatic carbocycles. The number of amides is 2. The maximum absolute atomic E-state index is 12.6. The molecule has 0 radical (unpaired) electrons. The molecule has 0 atom stereocenters. The summed E-state index contributed by atoms with van der Waals surface area (Å²) >= 11 is 3.35. The zero-order valence-corrected chi connectivity index (χ0v) is 17.2. The molecule has 8 heteroatoms. The quantitative estimate of drug-likeness (QED) is 0.411. The fourth-order valence-electron chi connectivity index (χ4n) is 2.22. The average molecular weight is 446 g/mol. The van der Waals surface area contributed by atoms with Crippen LogP contribution in [0.5, 0.6) is 0 Å². The van der Waals surface area contributed by atoms with E-state index in [1.165, 1.54) is 24.3 Å². The molecule has 0 saturated heterocycles. The van der Waals surface area contributed by atoms with Crippen LogP contribution in [0.3, 0.4) is 0 Å². The van der Waals surface area contributed by atoms with Gasteiger partial charge in [-0.1, -0.05) is 28.1 Å². The van der Waals surface area contributed by atoms with E-state index in [1.807, 2.05) is 32.9 Å². The van der Waals surface area contributed by atoms with E-state index in [0.717, 1.165) is 10.0 Å². The van der Waals surface area contributed by atoms with E-state index in [1.54, 1.807) is 18.2 Å². The zero-order valence-electron chi connectivity index (χ0n) is 15.7.